The SMILES string of the molecule is Cl/C=C\[As](Cl)Cl. The zero-order chi connectivity index (χ0) is 4.99. The van der Waals surface area contributed by atoms with Crippen molar-refractivity contribution in [2.24, 2.45) is 0 Å². The molecule has 0 aliphatic carbocycles. The van der Waals surface area contributed by atoms with Crippen LogP contribution in [-0.2, 0) is 0 Å². The van der Waals surface area contributed by atoms with Crippen molar-refractivity contribution in [2.45, 2.75) is 0 Å². The molecule has 0 N–H and O–H groups in total. The first kappa shape index (κ1) is 7.17. The van der Waals surface area contributed by atoms with Crippen molar-refractivity contribution in [1.82, 2.24) is 0 Å². The number of hydrogen-bond acceptors (Lipinski definition) is 0. The first-order chi connectivity index (χ1) is 2.77. The van der Waals surface area contributed by atoms with Gasteiger partial charge in [-0.15, -0.1) is 0 Å². The van der Waals surface area contributed by atoms with Gasteiger partial charge in [-0.25, -0.2) is 0 Å². The van der Waals surface area contributed by atoms with Crippen molar-refractivity contribution in [3.63, 3.8) is 0 Å². The van der Waals surface area contributed by atoms with Gasteiger partial charge in [-0.3, -0.25) is 0 Å². The summed E-state index contributed by atoms with van der Waals surface area (Å²) in [6.45, 7) is 0. The van der Waals surface area contributed by atoms with E-state index in [4.69, 9.17) is 31.5 Å². The molecule has 0 spiro atoms. The molecule has 0 rings (SSSR count). The van der Waals surface area contributed by atoms with E-state index in [0.717, 1.165) is 0 Å². The molecule has 0 aromatic heterocycles. The number of halogens is 3. The summed E-state index contributed by atoms with van der Waals surface area (Å²) in [5.74, 6) is 0. The Morgan fingerprint density at radius 3 is 1.83 bits per heavy atom. The summed E-state index contributed by atoms with van der Waals surface area (Å²) in [6, 6.07) is 0. The summed E-state index contributed by atoms with van der Waals surface area (Å²) in [5, 5.41) is 0. The standard InChI is InChI=1S/C2H2AsCl3/c4-2-1-3(5)6/h1-2H/b2-1-. The summed E-state index contributed by atoms with van der Waals surface area (Å²) >= 11 is 3.49. The molecule has 4 heteroatoms. The van der Waals surface area contributed by atoms with Gasteiger partial charge in [-0.1, -0.05) is 0 Å². The normalized spacial score (nSPS) is 11.3. The first-order valence-corrected chi connectivity index (χ1v) is 7.60. The van der Waals surface area contributed by atoms with Crippen molar-refractivity contribution >= 4 is 44.3 Å². The fraction of sp³-hybridized carbons (Fsp3) is 0. The topological polar surface area (TPSA) is 0 Å². The van der Waals surface area contributed by atoms with Crippen LogP contribution in [-0.4, -0.2) is 12.8 Å². The van der Waals surface area contributed by atoms with Crippen LogP contribution in [0.25, 0.3) is 0 Å². The molecule has 0 saturated carbocycles. The third kappa shape index (κ3) is 5.17. The van der Waals surface area contributed by atoms with Gasteiger partial charge in [0, 0.05) is 0 Å². The Balaban J connectivity index is 3.03. The Morgan fingerprint density at radius 2 is 1.83 bits per heavy atom. The van der Waals surface area contributed by atoms with Gasteiger partial charge in [0.2, 0.25) is 0 Å². The van der Waals surface area contributed by atoms with E-state index >= 15 is 0 Å². The third-order valence-electron chi connectivity index (χ3n) is 0.169. The van der Waals surface area contributed by atoms with Crippen LogP contribution in [0.3, 0.4) is 0 Å². The van der Waals surface area contributed by atoms with Gasteiger partial charge in [-0.05, 0) is 0 Å². The molecule has 0 amide bonds. The maximum absolute atomic E-state index is 5.32. The van der Waals surface area contributed by atoms with E-state index in [1.807, 2.05) is 0 Å². The predicted molar refractivity (Wildman–Crippen MR) is 32.5 cm³/mol. The average molecular weight is 207 g/mol. The summed E-state index contributed by atoms with van der Waals surface area (Å²) < 4.78 is 0. The Hall–Kier alpha value is 1.17. The molecule has 0 fully saturated rings. The average Bonchev–Trinajstić information content (AvgIpc) is 1.35. The van der Waals surface area contributed by atoms with Crippen molar-refractivity contribution < 1.29 is 0 Å². The van der Waals surface area contributed by atoms with Gasteiger partial charge in [0.25, 0.3) is 0 Å². The zero-order valence-electron chi connectivity index (χ0n) is 2.74. The van der Waals surface area contributed by atoms with Crippen LogP contribution in [0.4, 0.5) is 0 Å². The molecule has 0 unspecified atom stereocenters. The summed E-state index contributed by atoms with van der Waals surface area (Å²) in [5.41, 5.74) is 1.35. The second kappa shape index (κ2) is 4.33. The minimum atomic E-state index is -1.59. The number of rotatable bonds is 1. The molecule has 36 valence electrons. The molecule has 0 aliphatic rings. The molecular weight excluding hydrogens is 205 g/mol. The van der Waals surface area contributed by atoms with Gasteiger partial charge >= 0.3 is 54.7 Å². The predicted octanol–water partition coefficient (Wildman–Crippen LogP) is 2.24. The van der Waals surface area contributed by atoms with E-state index < -0.39 is 12.8 Å². The fourth-order valence-corrected chi connectivity index (χ4v) is 1.99. The molecule has 0 radical (unpaired) electrons. The van der Waals surface area contributed by atoms with Gasteiger partial charge in [-0.2, -0.15) is 0 Å². The molecule has 0 atom stereocenters. The van der Waals surface area contributed by atoms with Gasteiger partial charge < -0.3 is 0 Å². The Morgan fingerprint density at radius 1 is 1.33 bits per heavy atom. The number of hydrogen-bond donors (Lipinski definition) is 0. The van der Waals surface area contributed by atoms with Gasteiger partial charge in [0.15, 0.2) is 0 Å². The van der Waals surface area contributed by atoms with Crippen LogP contribution in [0, 0.1) is 0 Å². The molecule has 0 saturated heterocycles. The van der Waals surface area contributed by atoms with Crippen LogP contribution in [0.1, 0.15) is 0 Å². The van der Waals surface area contributed by atoms with E-state index in [9.17, 15) is 0 Å². The van der Waals surface area contributed by atoms with Gasteiger partial charge in [0.05, 0.1) is 0 Å². The van der Waals surface area contributed by atoms with Crippen LogP contribution in [0.5, 0.6) is 0 Å². The minimum absolute atomic E-state index is 1.35. The van der Waals surface area contributed by atoms with Crippen molar-refractivity contribution in [3.05, 3.63) is 10.4 Å². The van der Waals surface area contributed by atoms with E-state index in [1.165, 1.54) is 5.54 Å². The van der Waals surface area contributed by atoms with E-state index in [0.29, 0.717) is 0 Å². The van der Waals surface area contributed by atoms with Crippen molar-refractivity contribution in [1.29, 1.82) is 0 Å². The van der Waals surface area contributed by atoms with Crippen LogP contribution < -0.4 is 0 Å². The van der Waals surface area contributed by atoms with E-state index in [-0.39, 0.29) is 0 Å². The fourth-order valence-electron chi connectivity index (χ4n) is 0.0426. The molecule has 0 aliphatic heterocycles. The molecule has 0 aromatic rings. The molecule has 0 nitrogen and oxygen atoms in total. The second-order valence-corrected chi connectivity index (χ2v) is 7.18. The quantitative estimate of drug-likeness (QED) is 0.578. The summed E-state index contributed by atoms with van der Waals surface area (Å²) in [6.07, 6.45) is 0. The van der Waals surface area contributed by atoms with Gasteiger partial charge in [0.1, 0.15) is 0 Å². The third-order valence-corrected chi connectivity index (χ3v) is 2.63. The Labute approximate surface area is 54.6 Å². The molecule has 0 bridgehead atoms. The van der Waals surface area contributed by atoms with Crippen LogP contribution >= 0.6 is 31.5 Å². The summed E-state index contributed by atoms with van der Waals surface area (Å²) in [7, 11) is 10.6. The molecule has 6 heavy (non-hydrogen) atoms. The van der Waals surface area contributed by atoms with Crippen molar-refractivity contribution in [2.75, 3.05) is 0 Å². The summed E-state index contributed by atoms with van der Waals surface area (Å²) in [4.78, 5) is 1.61. The molecule has 0 heterocycles. The monoisotopic (exact) mass is 206 g/mol. The van der Waals surface area contributed by atoms with Crippen molar-refractivity contribution in [3.8, 4) is 0 Å². The maximum atomic E-state index is 5.32. The zero-order valence-corrected chi connectivity index (χ0v) is 6.88. The second-order valence-electron chi connectivity index (χ2n) is 0.534. The van der Waals surface area contributed by atoms with Crippen LogP contribution in [0.15, 0.2) is 10.4 Å². The Kier molecular flexibility index (Phi) is 5.17. The Bertz CT molecular complexity index is 50.8. The van der Waals surface area contributed by atoms with Crippen LogP contribution in [0.2, 0.25) is 0 Å². The first-order valence-electron chi connectivity index (χ1n) is 1.15. The van der Waals surface area contributed by atoms with E-state index in [2.05, 4.69) is 0 Å². The molecular formula is C2H2AsCl3. The molecule has 0 aromatic carbocycles. The van der Waals surface area contributed by atoms with E-state index in [1.54, 1.807) is 4.86 Å².